The third kappa shape index (κ3) is 5.49. The maximum absolute atomic E-state index is 15.3. The predicted molar refractivity (Wildman–Crippen MR) is 162 cm³/mol. The number of aryl methyl sites for hydroxylation is 1. The summed E-state index contributed by atoms with van der Waals surface area (Å²) in [6.07, 6.45) is -4.49. The standard InChI is InChI=1S/C32H27ClF4N4O4S/c1-16-38-19(15-46-16)14-40(2)28(42)17-6-9-21-25(13-17)41(39-27(21)20-8-7-18(30(44)45)12-24(20)34)29(43)26-22(4-3-5-23(26)33)31(10-11-31)32(35,36)37/h3-5,7-8,12,15,17H,6,9-11,13-14H2,1-2H3,(H,44,45)/t17-/m0/s1. The van der Waals surface area contributed by atoms with E-state index in [-0.39, 0.29) is 76.8 Å². The van der Waals surface area contributed by atoms with E-state index in [1.54, 1.807) is 7.05 Å². The predicted octanol–water partition coefficient (Wildman–Crippen LogP) is 6.85. The Morgan fingerprint density at radius 3 is 2.54 bits per heavy atom. The molecule has 0 spiro atoms. The number of carbonyl (C=O) groups is 3. The first-order valence-corrected chi connectivity index (χ1v) is 15.7. The summed E-state index contributed by atoms with van der Waals surface area (Å²) >= 11 is 7.88. The lowest BCUT2D eigenvalue weighted by molar-refractivity contribution is -0.160. The smallest absolute Gasteiger partial charge is 0.398 e. The van der Waals surface area contributed by atoms with Crippen LogP contribution >= 0.6 is 22.9 Å². The van der Waals surface area contributed by atoms with Crippen molar-refractivity contribution in [3.8, 4) is 11.3 Å². The topological polar surface area (TPSA) is 105 Å². The highest BCUT2D eigenvalue weighted by Crippen LogP contribution is 2.60. The molecule has 240 valence electrons. The summed E-state index contributed by atoms with van der Waals surface area (Å²) in [6, 6.07) is 7.20. The lowest BCUT2D eigenvalue weighted by Crippen LogP contribution is -2.36. The van der Waals surface area contributed by atoms with Gasteiger partial charge in [0, 0.05) is 35.9 Å². The molecule has 46 heavy (non-hydrogen) atoms. The van der Waals surface area contributed by atoms with Crippen LogP contribution in [0.2, 0.25) is 5.02 Å². The summed E-state index contributed by atoms with van der Waals surface area (Å²) in [7, 11) is 1.64. The number of benzene rings is 2. The van der Waals surface area contributed by atoms with Crippen LogP contribution in [-0.2, 0) is 29.6 Å². The summed E-state index contributed by atoms with van der Waals surface area (Å²) in [4.78, 5) is 45.2. The average molecular weight is 675 g/mol. The molecule has 1 N–H and O–H groups in total. The lowest BCUT2D eigenvalue weighted by atomic mass is 9.84. The molecule has 1 fully saturated rings. The van der Waals surface area contributed by atoms with E-state index < -0.39 is 35.2 Å². The van der Waals surface area contributed by atoms with Crippen molar-refractivity contribution in [2.24, 2.45) is 5.92 Å². The highest BCUT2D eigenvalue weighted by atomic mass is 35.5. The fourth-order valence-corrected chi connectivity index (χ4v) is 7.10. The number of hydrogen-bond donors (Lipinski definition) is 1. The Bertz CT molecular complexity index is 1900. The van der Waals surface area contributed by atoms with E-state index in [0.717, 1.165) is 21.4 Å². The van der Waals surface area contributed by atoms with Gasteiger partial charge in [0.05, 0.1) is 50.2 Å². The lowest BCUT2D eigenvalue weighted by Gasteiger charge is -2.27. The Kier molecular flexibility index (Phi) is 8.04. The number of carboxylic acid groups (broad SMARTS) is 1. The van der Waals surface area contributed by atoms with Crippen molar-refractivity contribution in [2.75, 3.05) is 7.05 Å². The number of nitrogens with zero attached hydrogens (tertiary/aromatic N) is 4. The van der Waals surface area contributed by atoms with E-state index >= 15 is 4.39 Å². The number of rotatable bonds is 7. The van der Waals surface area contributed by atoms with Gasteiger partial charge in [0.15, 0.2) is 0 Å². The molecule has 1 amide bonds. The second kappa shape index (κ2) is 11.6. The first-order valence-electron chi connectivity index (χ1n) is 14.4. The van der Waals surface area contributed by atoms with Gasteiger partial charge in [0.2, 0.25) is 5.91 Å². The number of carbonyl (C=O) groups excluding carboxylic acids is 2. The number of halogens is 5. The van der Waals surface area contributed by atoms with Crippen molar-refractivity contribution in [3.05, 3.63) is 91.3 Å². The molecular weight excluding hydrogens is 648 g/mol. The monoisotopic (exact) mass is 674 g/mol. The van der Waals surface area contributed by atoms with Gasteiger partial charge in [0.25, 0.3) is 5.91 Å². The molecule has 1 atom stereocenters. The number of carboxylic acids is 1. The van der Waals surface area contributed by atoms with Gasteiger partial charge in [-0.25, -0.2) is 14.2 Å². The molecule has 4 aromatic rings. The molecule has 14 heteroatoms. The Morgan fingerprint density at radius 1 is 1.20 bits per heavy atom. The first kappa shape index (κ1) is 31.9. The summed E-state index contributed by atoms with van der Waals surface area (Å²) < 4.78 is 59.1. The molecular formula is C32H27ClF4N4O4S. The van der Waals surface area contributed by atoms with Crippen LogP contribution in [0.4, 0.5) is 17.6 Å². The molecule has 2 aliphatic carbocycles. The maximum Gasteiger partial charge on any atom is 0.398 e. The zero-order valence-corrected chi connectivity index (χ0v) is 26.2. The summed E-state index contributed by atoms with van der Waals surface area (Å²) in [5, 5.41) is 16.3. The van der Waals surface area contributed by atoms with Crippen LogP contribution in [0.25, 0.3) is 11.3 Å². The van der Waals surface area contributed by atoms with Crippen molar-refractivity contribution < 1.29 is 37.1 Å². The molecule has 1 saturated carbocycles. The highest BCUT2D eigenvalue weighted by molar-refractivity contribution is 7.09. The van der Waals surface area contributed by atoms with Crippen LogP contribution in [-0.4, -0.2) is 55.8 Å². The van der Waals surface area contributed by atoms with E-state index in [1.807, 2.05) is 12.3 Å². The number of aromatic carboxylic acids is 1. The summed E-state index contributed by atoms with van der Waals surface area (Å²) in [5.41, 5.74) is -1.76. The normalized spacial score (nSPS) is 17.0. The van der Waals surface area contributed by atoms with E-state index in [2.05, 4.69) is 10.1 Å². The fourth-order valence-electron chi connectivity index (χ4n) is 6.24. The van der Waals surface area contributed by atoms with Crippen molar-refractivity contribution >= 4 is 40.7 Å². The van der Waals surface area contributed by atoms with E-state index in [9.17, 15) is 32.7 Å². The van der Waals surface area contributed by atoms with Gasteiger partial charge in [-0.3, -0.25) is 9.59 Å². The Hall–Kier alpha value is -4.10. The van der Waals surface area contributed by atoms with Gasteiger partial charge < -0.3 is 10.0 Å². The third-order valence-electron chi connectivity index (χ3n) is 8.76. The zero-order chi connectivity index (χ0) is 33.1. The number of aromatic nitrogens is 3. The molecule has 0 saturated heterocycles. The minimum atomic E-state index is -4.63. The number of thiazole rings is 1. The Balaban J connectivity index is 1.44. The second-order valence-corrected chi connectivity index (χ2v) is 13.2. The fraction of sp³-hybridized carbons (Fsp3) is 0.344. The van der Waals surface area contributed by atoms with E-state index in [1.165, 1.54) is 46.6 Å². The van der Waals surface area contributed by atoms with Crippen molar-refractivity contribution in [1.82, 2.24) is 19.7 Å². The van der Waals surface area contributed by atoms with Crippen molar-refractivity contribution in [2.45, 2.75) is 57.2 Å². The largest absolute Gasteiger partial charge is 0.478 e. The molecule has 6 rings (SSSR count). The van der Waals surface area contributed by atoms with E-state index in [4.69, 9.17) is 11.6 Å². The van der Waals surface area contributed by atoms with Crippen molar-refractivity contribution in [3.63, 3.8) is 0 Å². The van der Waals surface area contributed by atoms with Gasteiger partial charge in [-0.1, -0.05) is 23.7 Å². The number of amides is 1. The van der Waals surface area contributed by atoms with Gasteiger partial charge >= 0.3 is 12.1 Å². The van der Waals surface area contributed by atoms with Gasteiger partial charge in [-0.2, -0.15) is 23.0 Å². The average Bonchev–Trinajstić information content (AvgIpc) is 3.62. The van der Waals surface area contributed by atoms with Crippen LogP contribution in [0.5, 0.6) is 0 Å². The van der Waals surface area contributed by atoms with Crippen molar-refractivity contribution in [1.29, 1.82) is 0 Å². The third-order valence-corrected chi connectivity index (χ3v) is 9.90. The molecule has 2 aromatic carbocycles. The molecule has 2 aliphatic rings. The molecule has 0 unspecified atom stereocenters. The van der Waals surface area contributed by atoms with Crippen LogP contribution in [0.1, 0.15) is 67.5 Å². The van der Waals surface area contributed by atoms with Gasteiger partial charge in [-0.15, -0.1) is 11.3 Å². The van der Waals surface area contributed by atoms with E-state index in [0.29, 0.717) is 12.0 Å². The summed E-state index contributed by atoms with van der Waals surface area (Å²) in [6.45, 7) is 2.12. The second-order valence-electron chi connectivity index (χ2n) is 11.7. The number of fused-ring (bicyclic) bond motifs is 1. The molecule has 2 heterocycles. The summed E-state index contributed by atoms with van der Waals surface area (Å²) in [5.74, 6) is -3.99. The molecule has 2 aromatic heterocycles. The number of hydrogen-bond acceptors (Lipinski definition) is 6. The maximum atomic E-state index is 15.3. The quantitative estimate of drug-likeness (QED) is 0.215. The van der Waals surface area contributed by atoms with Crippen LogP contribution in [0, 0.1) is 18.7 Å². The number of alkyl halides is 3. The van der Waals surface area contributed by atoms with Crippen LogP contribution in [0.15, 0.2) is 41.8 Å². The van der Waals surface area contributed by atoms with Crippen LogP contribution < -0.4 is 0 Å². The molecule has 8 nitrogen and oxygen atoms in total. The minimum absolute atomic E-state index is 0.00632. The minimum Gasteiger partial charge on any atom is -0.478 e. The molecule has 0 aliphatic heterocycles. The first-order chi connectivity index (χ1) is 21.7. The SMILES string of the molecule is Cc1nc(CN(C)C(=O)[C@H]2CCc3c(-c4ccc(C(=O)O)cc4F)nn(C(=O)c4c(Cl)cccc4C4(C(F)(F)F)CC4)c3C2)cs1. The molecule has 0 radical (unpaired) electrons. The Morgan fingerprint density at radius 2 is 1.93 bits per heavy atom. The highest BCUT2D eigenvalue weighted by Gasteiger charge is 2.65. The Labute approximate surface area is 269 Å². The zero-order valence-electron chi connectivity index (χ0n) is 24.6. The van der Waals surface area contributed by atoms with Gasteiger partial charge in [-0.05, 0) is 62.4 Å². The van der Waals surface area contributed by atoms with Crippen LogP contribution in [0.3, 0.4) is 0 Å². The molecule has 0 bridgehead atoms. The van der Waals surface area contributed by atoms with Gasteiger partial charge in [0.1, 0.15) is 5.82 Å².